The van der Waals surface area contributed by atoms with Crippen molar-refractivity contribution in [3.63, 3.8) is 0 Å². The molecule has 0 aliphatic carbocycles. The number of halogens is 3. The van der Waals surface area contributed by atoms with Crippen LogP contribution in [0, 0.1) is 0 Å². The van der Waals surface area contributed by atoms with Crippen LogP contribution < -0.4 is 0 Å². The van der Waals surface area contributed by atoms with E-state index in [1.54, 1.807) is 4.90 Å². The van der Waals surface area contributed by atoms with Gasteiger partial charge in [0.25, 0.3) is 0 Å². The van der Waals surface area contributed by atoms with Crippen LogP contribution in [0.1, 0.15) is 25.0 Å². The second-order valence-corrected chi connectivity index (χ2v) is 6.37. The predicted molar refractivity (Wildman–Crippen MR) is 101 cm³/mol. The van der Waals surface area contributed by atoms with Crippen molar-refractivity contribution in [2.24, 2.45) is 0 Å². The molecule has 0 radical (unpaired) electrons. The van der Waals surface area contributed by atoms with Crippen LogP contribution in [0.25, 0.3) is 11.1 Å². The number of rotatable bonds is 9. The number of hydrogen-bond donors (Lipinski definition) is 0. The van der Waals surface area contributed by atoms with Crippen molar-refractivity contribution in [3.8, 4) is 11.1 Å². The molecule has 0 unspecified atom stereocenters. The maximum Gasteiger partial charge on any atom is 0.416 e. The summed E-state index contributed by atoms with van der Waals surface area (Å²) in [5, 5.41) is 0. The normalized spacial score (nSPS) is 11.6. The van der Waals surface area contributed by atoms with E-state index in [9.17, 15) is 18.0 Å². The predicted octanol–water partition coefficient (Wildman–Crippen LogP) is 4.67. The average Bonchev–Trinajstić information content (AvgIpc) is 2.67. The number of benzene rings is 2. The van der Waals surface area contributed by atoms with Crippen LogP contribution in [0.3, 0.4) is 0 Å². The quantitative estimate of drug-likeness (QED) is 0.592. The van der Waals surface area contributed by atoms with Gasteiger partial charge in [-0.25, -0.2) is 0 Å². The summed E-state index contributed by atoms with van der Waals surface area (Å²) in [6, 6.07) is 12.7. The molecule has 0 aliphatic rings. The fourth-order valence-electron chi connectivity index (χ4n) is 2.87. The molecule has 0 bridgehead atoms. The Morgan fingerprint density at radius 3 is 1.81 bits per heavy atom. The van der Waals surface area contributed by atoms with Crippen molar-refractivity contribution in [2.45, 2.75) is 26.6 Å². The van der Waals surface area contributed by atoms with E-state index >= 15 is 0 Å². The van der Waals surface area contributed by atoms with Crippen molar-refractivity contribution in [2.75, 3.05) is 26.2 Å². The van der Waals surface area contributed by atoms with E-state index in [1.807, 2.05) is 24.3 Å². The van der Waals surface area contributed by atoms with Gasteiger partial charge in [-0.05, 0) is 41.9 Å². The van der Waals surface area contributed by atoms with E-state index in [4.69, 9.17) is 0 Å². The van der Waals surface area contributed by atoms with Crippen molar-refractivity contribution in [3.05, 3.63) is 59.7 Å². The molecule has 0 aromatic heterocycles. The summed E-state index contributed by atoms with van der Waals surface area (Å²) >= 11 is 0. The lowest BCUT2D eigenvalue weighted by Crippen LogP contribution is -2.34. The maximum absolute atomic E-state index is 12.7. The molecule has 27 heavy (non-hydrogen) atoms. The zero-order valence-corrected chi connectivity index (χ0v) is 15.7. The molecule has 0 fully saturated rings. The average molecular weight is 378 g/mol. The Hall–Kier alpha value is -2.34. The zero-order chi connectivity index (χ0) is 19.9. The molecule has 146 valence electrons. The van der Waals surface area contributed by atoms with Gasteiger partial charge in [0.2, 0.25) is 6.41 Å². The first-order valence-corrected chi connectivity index (χ1v) is 9.05. The Balaban J connectivity index is 2.00. The molecule has 0 heterocycles. The number of alkyl halides is 3. The van der Waals surface area contributed by atoms with E-state index in [0.29, 0.717) is 13.1 Å². The van der Waals surface area contributed by atoms with Crippen LogP contribution in [-0.4, -0.2) is 42.4 Å². The van der Waals surface area contributed by atoms with E-state index < -0.39 is 11.7 Å². The first kappa shape index (κ1) is 21.0. The maximum atomic E-state index is 12.7. The lowest BCUT2D eigenvalue weighted by atomic mass is 10.0. The van der Waals surface area contributed by atoms with E-state index in [1.165, 1.54) is 12.1 Å². The summed E-state index contributed by atoms with van der Waals surface area (Å²) in [5.74, 6) is 0. The third kappa shape index (κ3) is 6.10. The minimum absolute atomic E-state index is 0.512. The molecular formula is C21H25F3N2O. The zero-order valence-electron chi connectivity index (χ0n) is 15.7. The first-order valence-electron chi connectivity index (χ1n) is 9.05. The number of hydrogen-bond acceptors (Lipinski definition) is 2. The van der Waals surface area contributed by atoms with Crippen molar-refractivity contribution in [1.82, 2.24) is 9.80 Å². The summed E-state index contributed by atoms with van der Waals surface area (Å²) in [7, 11) is 0. The van der Waals surface area contributed by atoms with Gasteiger partial charge in [0.05, 0.1) is 5.56 Å². The van der Waals surface area contributed by atoms with Crippen molar-refractivity contribution < 1.29 is 18.0 Å². The smallest absolute Gasteiger partial charge is 0.340 e. The second-order valence-electron chi connectivity index (χ2n) is 6.37. The molecule has 1 amide bonds. The van der Waals surface area contributed by atoms with E-state index in [-0.39, 0.29) is 0 Å². The summed E-state index contributed by atoms with van der Waals surface area (Å²) in [5.41, 5.74) is 1.90. The topological polar surface area (TPSA) is 23.6 Å². The summed E-state index contributed by atoms with van der Waals surface area (Å²) < 4.78 is 38.0. The van der Waals surface area contributed by atoms with Gasteiger partial charge in [-0.1, -0.05) is 50.2 Å². The third-order valence-electron chi connectivity index (χ3n) is 4.63. The van der Waals surface area contributed by atoms with E-state index in [0.717, 1.165) is 54.9 Å². The highest BCUT2D eigenvalue weighted by Gasteiger charge is 2.29. The van der Waals surface area contributed by atoms with Crippen LogP contribution in [0.15, 0.2) is 48.5 Å². The number of carbonyl (C=O) groups excluding carboxylic acids is 1. The molecule has 0 atom stereocenters. The van der Waals surface area contributed by atoms with Crippen molar-refractivity contribution >= 4 is 6.41 Å². The Kier molecular flexibility index (Phi) is 7.42. The largest absolute Gasteiger partial charge is 0.416 e. The van der Waals surface area contributed by atoms with Gasteiger partial charge in [-0.2, -0.15) is 13.2 Å². The fourth-order valence-corrected chi connectivity index (χ4v) is 2.87. The molecule has 3 nitrogen and oxygen atoms in total. The highest BCUT2D eigenvalue weighted by atomic mass is 19.4. The molecule has 0 spiro atoms. The lowest BCUT2D eigenvalue weighted by molar-refractivity contribution is -0.137. The Morgan fingerprint density at radius 2 is 1.37 bits per heavy atom. The van der Waals surface area contributed by atoms with Gasteiger partial charge in [0.15, 0.2) is 0 Å². The molecule has 2 aromatic rings. The summed E-state index contributed by atoms with van der Waals surface area (Å²) in [6.45, 7) is 8.08. The lowest BCUT2D eigenvalue weighted by Gasteiger charge is -2.23. The van der Waals surface area contributed by atoms with Gasteiger partial charge in [0.1, 0.15) is 0 Å². The highest BCUT2D eigenvalue weighted by molar-refractivity contribution is 5.64. The second kappa shape index (κ2) is 9.55. The first-order chi connectivity index (χ1) is 12.9. The SMILES string of the molecule is CCN(CC)CCN(C=O)Cc1ccc(-c2ccc(C(F)(F)F)cc2)cc1. The van der Waals surface area contributed by atoms with Crippen LogP contribution >= 0.6 is 0 Å². The molecule has 0 saturated heterocycles. The highest BCUT2D eigenvalue weighted by Crippen LogP contribution is 2.31. The molecular weight excluding hydrogens is 353 g/mol. The minimum atomic E-state index is -4.33. The number of carbonyl (C=O) groups is 1. The molecule has 0 saturated carbocycles. The Labute approximate surface area is 158 Å². The van der Waals surface area contributed by atoms with Gasteiger partial charge >= 0.3 is 6.18 Å². The molecule has 2 rings (SSSR count). The molecule has 0 N–H and O–H groups in total. The van der Waals surface area contributed by atoms with Crippen LogP contribution in [0.5, 0.6) is 0 Å². The monoisotopic (exact) mass is 378 g/mol. The summed E-state index contributed by atoms with van der Waals surface area (Å²) in [4.78, 5) is 15.3. The summed E-state index contributed by atoms with van der Waals surface area (Å²) in [6.07, 6.45) is -3.47. The van der Waals surface area contributed by atoms with Gasteiger partial charge in [0, 0.05) is 19.6 Å². The number of nitrogens with zero attached hydrogens (tertiary/aromatic N) is 2. The van der Waals surface area contributed by atoms with Gasteiger partial charge in [-0.15, -0.1) is 0 Å². The minimum Gasteiger partial charge on any atom is -0.340 e. The number of likely N-dealkylation sites (N-methyl/N-ethyl adjacent to an activating group) is 1. The standard InChI is InChI=1S/C21H25F3N2O/c1-3-25(4-2)13-14-26(16-27)15-17-5-7-18(8-6-17)19-9-11-20(12-10-19)21(22,23)24/h5-12,16H,3-4,13-15H2,1-2H3. The Morgan fingerprint density at radius 1 is 0.852 bits per heavy atom. The molecule has 6 heteroatoms. The van der Waals surface area contributed by atoms with Gasteiger partial charge in [-0.3, -0.25) is 4.79 Å². The molecule has 0 aliphatic heterocycles. The molecule has 2 aromatic carbocycles. The van der Waals surface area contributed by atoms with E-state index in [2.05, 4.69) is 18.7 Å². The number of amides is 1. The Bertz CT molecular complexity index is 708. The third-order valence-corrected chi connectivity index (χ3v) is 4.63. The van der Waals surface area contributed by atoms with Crippen molar-refractivity contribution in [1.29, 1.82) is 0 Å². The van der Waals surface area contributed by atoms with Crippen LogP contribution in [0.2, 0.25) is 0 Å². The van der Waals surface area contributed by atoms with Crippen LogP contribution in [0.4, 0.5) is 13.2 Å². The van der Waals surface area contributed by atoms with Gasteiger partial charge < -0.3 is 9.80 Å². The fraction of sp³-hybridized carbons (Fsp3) is 0.381. The van der Waals surface area contributed by atoms with Crippen LogP contribution in [-0.2, 0) is 17.5 Å².